The number of amides is 1. The number of imidazole rings is 1. The van der Waals surface area contributed by atoms with Crippen molar-refractivity contribution in [2.45, 2.75) is 20.8 Å². The fraction of sp³-hybridized carbons (Fsp3) is 0.107. The number of aryl methyl sites for hydroxylation is 2. The van der Waals surface area contributed by atoms with Crippen LogP contribution in [0.25, 0.3) is 28.0 Å². The van der Waals surface area contributed by atoms with Gasteiger partial charge >= 0.3 is 0 Å². The summed E-state index contributed by atoms with van der Waals surface area (Å²) in [6.45, 7) is 5.57. The predicted octanol–water partition coefficient (Wildman–Crippen LogP) is 6.38. The van der Waals surface area contributed by atoms with Crippen molar-refractivity contribution in [3.8, 4) is 22.5 Å². The lowest BCUT2D eigenvalue weighted by Gasteiger charge is -2.11. The average molecular weight is 451 g/mol. The van der Waals surface area contributed by atoms with E-state index in [-0.39, 0.29) is 11.7 Å². The summed E-state index contributed by atoms with van der Waals surface area (Å²) >= 11 is 0. The van der Waals surface area contributed by atoms with E-state index in [9.17, 15) is 9.18 Å². The van der Waals surface area contributed by atoms with Gasteiger partial charge in [0.15, 0.2) is 0 Å². The second-order valence-electron chi connectivity index (χ2n) is 8.35. The van der Waals surface area contributed by atoms with Gasteiger partial charge in [-0.2, -0.15) is 0 Å². The SMILES string of the molecule is Cc1ccc(NC(=O)c2cc(-c3cccn4c(-c5cccc(F)c5C)ncc34)cnc2C)cc1. The van der Waals surface area contributed by atoms with Gasteiger partial charge < -0.3 is 5.32 Å². The molecular weight excluding hydrogens is 427 g/mol. The number of nitrogens with one attached hydrogen (secondary N) is 1. The van der Waals surface area contributed by atoms with Gasteiger partial charge in [0, 0.05) is 34.8 Å². The molecule has 5 rings (SSSR count). The topological polar surface area (TPSA) is 59.3 Å². The van der Waals surface area contributed by atoms with E-state index >= 15 is 0 Å². The molecule has 1 N–H and O–H groups in total. The van der Waals surface area contributed by atoms with Crippen LogP contribution in [0.1, 0.15) is 27.2 Å². The quantitative estimate of drug-likeness (QED) is 0.346. The summed E-state index contributed by atoms with van der Waals surface area (Å²) in [4.78, 5) is 22.1. The third kappa shape index (κ3) is 3.83. The van der Waals surface area contributed by atoms with Crippen LogP contribution in [0.5, 0.6) is 0 Å². The Bertz CT molecular complexity index is 1540. The highest BCUT2D eigenvalue weighted by Gasteiger charge is 2.16. The van der Waals surface area contributed by atoms with E-state index in [4.69, 9.17) is 0 Å². The lowest BCUT2D eigenvalue weighted by molar-refractivity contribution is 0.102. The highest BCUT2D eigenvalue weighted by molar-refractivity contribution is 6.05. The number of hydrogen-bond donors (Lipinski definition) is 1. The molecule has 2 aromatic carbocycles. The lowest BCUT2D eigenvalue weighted by atomic mass is 10.0. The highest BCUT2D eigenvalue weighted by Crippen LogP contribution is 2.31. The summed E-state index contributed by atoms with van der Waals surface area (Å²) in [5.41, 5.74) is 6.81. The van der Waals surface area contributed by atoms with Gasteiger partial charge in [-0.1, -0.05) is 35.9 Å². The van der Waals surface area contributed by atoms with Crippen LogP contribution in [-0.2, 0) is 0 Å². The van der Waals surface area contributed by atoms with Crippen LogP contribution in [0, 0.1) is 26.6 Å². The molecular formula is C28H23FN4O. The molecule has 3 aromatic heterocycles. The molecule has 1 amide bonds. The van der Waals surface area contributed by atoms with E-state index in [1.807, 2.05) is 73.0 Å². The molecule has 0 saturated carbocycles. The number of nitrogens with zero attached hydrogens (tertiary/aromatic N) is 3. The highest BCUT2D eigenvalue weighted by atomic mass is 19.1. The molecule has 34 heavy (non-hydrogen) atoms. The standard InChI is InChI=1S/C28H23FN4O/c1-17-9-11-21(12-10-17)32-28(34)24-14-20(15-30-19(24)3)23-7-5-13-33-26(23)16-31-27(33)22-6-4-8-25(29)18(22)2/h4-16H,1-3H3,(H,32,34). The molecule has 6 heteroatoms. The Morgan fingerprint density at radius 2 is 1.68 bits per heavy atom. The van der Waals surface area contributed by atoms with Gasteiger partial charge in [0.05, 0.1) is 23.0 Å². The number of aromatic nitrogens is 3. The van der Waals surface area contributed by atoms with Crippen LogP contribution in [0.15, 0.2) is 79.3 Å². The average Bonchev–Trinajstić information content (AvgIpc) is 3.27. The summed E-state index contributed by atoms with van der Waals surface area (Å²) in [5, 5.41) is 2.95. The fourth-order valence-electron chi connectivity index (χ4n) is 4.06. The van der Waals surface area contributed by atoms with Crippen molar-refractivity contribution in [3.05, 3.63) is 107 Å². The molecule has 5 aromatic rings. The maximum atomic E-state index is 14.2. The van der Waals surface area contributed by atoms with Gasteiger partial charge in [0.2, 0.25) is 0 Å². The Kier molecular flexibility index (Phi) is 5.42. The number of carbonyl (C=O) groups is 1. The van der Waals surface area contributed by atoms with E-state index in [1.54, 1.807) is 25.4 Å². The van der Waals surface area contributed by atoms with Crippen molar-refractivity contribution >= 4 is 17.1 Å². The third-order valence-electron chi connectivity index (χ3n) is 6.03. The van der Waals surface area contributed by atoms with Crippen LogP contribution in [-0.4, -0.2) is 20.3 Å². The van der Waals surface area contributed by atoms with Crippen LogP contribution >= 0.6 is 0 Å². The Hall–Kier alpha value is -4.32. The molecule has 0 unspecified atom stereocenters. The van der Waals surface area contributed by atoms with Crippen LogP contribution in [0.3, 0.4) is 0 Å². The monoisotopic (exact) mass is 450 g/mol. The summed E-state index contributed by atoms with van der Waals surface area (Å²) in [5.74, 6) is 0.177. The molecule has 3 heterocycles. The molecule has 0 aliphatic carbocycles. The first kappa shape index (κ1) is 21.5. The number of hydrogen-bond acceptors (Lipinski definition) is 3. The molecule has 0 fully saturated rings. The summed E-state index contributed by atoms with van der Waals surface area (Å²) in [7, 11) is 0. The van der Waals surface area contributed by atoms with Crippen molar-refractivity contribution in [1.29, 1.82) is 0 Å². The largest absolute Gasteiger partial charge is 0.322 e. The van der Waals surface area contributed by atoms with E-state index in [0.29, 0.717) is 22.6 Å². The van der Waals surface area contributed by atoms with E-state index in [0.717, 1.165) is 33.5 Å². The van der Waals surface area contributed by atoms with Crippen molar-refractivity contribution < 1.29 is 9.18 Å². The van der Waals surface area contributed by atoms with Gasteiger partial charge in [-0.15, -0.1) is 0 Å². The zero-order valence-electron chi connectivity index (χ0n) is 19.1. The molecule has 0 aliphatic heterocycles. The zero-order chi connectivity index (χ0) is 23.8. The predicted molar refractivity (Wildman–Crippen MR) is 132 cm³/mol. The minimum Gasteiger partial charge on any atom is -0.322 e. The molecule has 0 saturated heterocycles. The first-order valence-electron chi connectivity index (χ1n) is 11.0. The number of carbonyl (C=O) groups excluding carboxylic acids is 1. The summed E-state index contributed by atoms with van der Waals surface area (Å²) in [6.07, 6.45) is 5.42. The summed E-state index contributed by atoms with van der Waals surface area (Å²) < 4.78 is 16.1. The molecule has 0 aliphatic rings. The normalized spacial score (nSPS) is 11.1. The van der Waals surface area contributed by atoms with Crippen LogP contribution in [0.4, 0.5) is 10.1 Å². The van der Waals surface area contributed by atoms with E-state index < -0.39 is 0 Å². The molecule has 168 valence electrons. The number of anilines is 1. The van der Waals surface area contributed by atoms with Crippen LogP contribution in [0.2, 0.25) is 0 Å². The van der Waals surface area contributed by atoms with Gasteiger partial charge in [0.25, 0.3) is 5.91 Å². The Morgan fingerprint density at radius 3 is 2.47 bits per heavy atom. The number of pyridine rings is 2. The summed E-state index contributed by atoms with van der Waals surface area (Å²) in [6, 6.07) is 18.4. The minimum absolute atomic E-state index is 0.216. The van der Waals surface area contributed by atoms with Crippen molar-refractivity contribution in [1.82, 2.24) is 14.4 Å². The fourth-order valence-corrected chi connectivity index (χ4v) is 4.06. The maximum absolute atomic E-state index is 14.2. The lowest BCUT2D eigenvalue weighted by Crippen LogP contribution is -2.14. The van der Waals surface area contributed by atoms with Crippen molar-refractivity contribution in [2.24, 2.45) is 0 Å². The van der Waals surface area contributed by atoms with Crippen molar-refractivity contribution in [2.75, 3.05) is 5.32 Å². The molecule has 0 spiro atoms. The number of fused-ring (bicyclic) bond motifs is 1. The first-order valence-corrected chi connectivity index (χ1v) is 11.0. The maximum Gasteiger partial charge on any atom is 0.257 e. The second kappa shape index (κ2) is 8.56. The molecule has 0 radical (unpaired) electrons. The number of halogens is 1. The molecule has 0 atom stereocenters. The number of rotatable bonds is 4. The zero-order valence-corrected chi connectivity index (χ0v) is 19.1. The minimum atomic E-state index is -0.266. The first-order chi connectivity index (χ1) is 16.4. The second-order valence-corrected chi connectivity index (χ2v) is 8.35. The van der Waals surface area contributed by atoms with Gasteiger partial charge in [0.1, 0.15) is 11.6 Å². The third-order valence-corrected chi connectivity index (χ3v) is 6.03. The smallest absolute Gasteiger partial charge is 0.257 e. The Balaban J connectivity index is 1.55. The Morgan fingerprint density at radius 1 is 0.912 bits per heavy atom. The number of benzene rings is 2. The van der Waals surface area contributed by atoms with Gasteiger partial charge in [-0.3, -0.25) is 14.2 Å². The van der Waals surface area contributed by atoms with Gasteiger partial charge in [-0.25, -0.2) is 9.37 Å². The van der Waals surface area contributed by atoms with Gasteiger partial charge in [-0.05, 0) is 56.7 Å². The Labute approximate surface area is 196 Å². The van der Waals surface area contributed by atoms with Crippen molar-refractivity contribution in [3.63, 3.8) is 0 Å². The van der Waals surface area contributed by atoms with E-state index in [2.05, 4.69) is 15.3 Å². The molecule has 5 nitrogen and oxygen atoms in total. The van der Waals surface area contributed by atoms with Crippen LogP contribution < -0.4 is 5.32 Å². The van der Waals surface area contributed by atoms with E-state index in [1.165, 1.54) is 6.07 Å². The molecule has 0 bridgehead atoms.